The highest BCUT2D eigenvalue weighted by atomic mass is 32.2. The molecule has 4 rings (SSSR count). The van der Waals surface area contributed by atoms with Crippen molar-refractivity contribution < 1.29 is 18.7 Å². The minimum absolute atomic E-state index is 0.0792. The lowest BCUT2D eigenvalue weighted by molar-refractivity contribution is -0.142. The molecule has 0 atom stereocenters. The summed E-state index contributed by atoms with van der Waals surface area (Å²) in [6.07, 6.45) is 0.0792. The molecule has 0 fully saturated rings. The average molecular weight is 480 g/mol. The normalized spacial score (nSPS) is 10.7. The van der Waals surface area contributed by atoms with Crippen LogP contribution in [0.4, 0.5) is 5.13 Å². The molecule has 0 saturated heterocycles. The molecule has 0 unspecified atom stereocenters. The van der Waals surface area contributed by atoms with Gasteiger partial charge < -0.3 is 14.5 Å². The minimum atomic E-state index is -0.344. The van der Waals surface area contributed by atoms with E-state index in [1.165, 1.54) is 23.1 Å². The van der Waals surface area contributed by atoms with Crippen molar-refractivity contribution in [1.82, 2.24) is 9.97 Å². The summed E-state index contributed by atoms with van der Waals surface area (Å²) in [6, 6.07) is 19.5. The lowest BCUT2D eigenvalue weighted by atomic mass is 10.1. The van der Waals surface area contributed by atoms with Crippen molar-refractivity contribution in [2.45, 2.75) is 18.6 Å². The Bertz CT molecular complexity index is 1170. The first-order valence-electron chi connectivity index (χ1n) is 10.3. The van der Waals surface area contributed by atoms with Crippen LogP contribution in [0, 0.1) is 0 Å². The summed E-state index contributed by atoms with van der Waals surface area (Å²) >= 11 is 2.47. The van der Waals surface area contributed by atoms with Gasteiger partial charge in [-0.15, -0.1) is 11.3 Å². The number of nitrogens with one attached hydrogen (secondary N) is 1. The Morgan fingerprint density at radius 2 is 1.73 bits per heavy atom. The van der Waals surface area contributed by atoms with Gasteiger partial charge in [0.25, 0.3) is 5.22 Å². The summed E-state index contributed by atoms with van der Waals surface area (Å²) in [7, 11) is 0. The molecule has 168 valence electrons. The van der Waals surface area contributed by atoms with Gasteiger partial charge in [-0.25, -0.2) is 9.97 Å². The largest absolute Gasteiger partial charge is 0.466 e. The van der Waals surface area contributed by atoms with E-state index in [2.05, 4.69) is 15.3 Å². The topological polar surface area (TPSA) is 94.3 Å². The van der Waals surface area contributed by atoms with Gasteiger partial charge in [0.1, 0.15) is 5.69 Å². The smallest absolute Gasteiger partial charge is 0.311 e. The molecule has 33 heavy (non-hydrogen) atoms. The van der Waals surface area contributed by atoms with E-state index in [4.69, 9.17) is 9.15 Å². The molecule has 0 aliphatic heterocycles. The van der Waals surface area contributed by atoms with E-state index in [-0.39, 0.29) is 24.1 Å². The molecule has 1 amide bonds. The van der Waals surface area contributed by atoms with Gasteiger partial charge in [-0.3, -0.25) is 9.59 Å². The first kappa shape index (κ1) is 22.8. The number of thioether (sulfide) groups is 1. The zero-order chi connectivity index (χ0) is 23.0. The Labute approximate surface area is 199 Å². The van der Waals surface area contributed by atoms with Gasteiger partial charge in [0.05, 0.1) is 24.5 Å². The SMILES string of the molecule is CCOC(=O)Cc1csc(NC(=O)CSc2nc(-c3ccccc3)c(-c3ccccc3)o2)n1. The van der Waals surface area contributed by atoms with Crippen LogP contribution in [0.25, 0.3) is 22.6 Å². The van der Waals surface area contributed by atoms with Crippen LogP contribution in [0.3, 0.4) is 0 Å². The highest BCUT2D eigenvalue weighted by Gasteiger charge is 2.18. The number of aromatic nitrogens is 2. The fourth-order valence-corrected chi connectivity index (χ4v) is 4.38. The number of hydrogen-bond donors (Lipinski definition) is 1. The second-order valence-electron chi connectivity index (χ2n) is 6.85. The third kappa shape index (κ3) is 6.09. The first-order valence-corrected chi connectivity index (χ1v) is 12.1. The van der Waals surface area contributed by atoms with Crippen LogP contribution in [0.5, 0.6) is 0 Å². The van der Waals surface area contributed by atoms with Gasteiger partial charge in [0, 0.05) is 16.5 Å². The van der Waals surface area contributed by atoms with Crippen LogP contribution in [-0.2, 0) is 20.7 Å². The second-order valence-corrected chi connectivity index (χ2v) is 8.64. The first-order chi connectivity index (χ1) is 16.1. The van der Waals surface area contributed by atoms with Crippen LogP contribution < -0.4 is 5.32 Å². The second kappa shape index (κ2) is 10.9. The van der Waals surface area contributed by atoms with Crippen molar-refractivity contribution in [1.29, 1.82) is 0 Å². The number of thiazole rings is 1. The lowest BCUT2D eigenvalue weighted by Crippen LogP contribution is -2.14. The number of amides is 1. The summed E-state index contributed by atoms with van der Waals surface area (Å²) in [4.78, 5) is 32.9. The van der Waals surface area contributed by atoms with Crippen LogP contribution in [-0.4, -0.2) is 34.2 Å². The monoisotopic (exact) mass is 479 g/mol. The minimum Gasteiger partial charge on any atom is -0.466 e. The van der Waals surface area contributed by atoms with Gasteiger partial charge >= 0.3 is 5.97 Å². The fraction of sp³-hybridized carbons (Fsp3) is 0.167. The number of benzene rings is 2. The maximum atomic E-state index is 12.4. The average Bonchev–Trinajstić information content (AvgIpc) is 3.46. The summed E-state index contributed by atoms with van der Waals surface area (Å²) < 4.78 is 11.0. The van der Waals surface area contributed by atoms with Gasteiger partial charge in [-0.05, 0) is 6.92 Å². The van der Waals surface area contributed by atoms with E-state index in [0.29, 0.717) is 28.4 Å². The van der Waals surface area contributed by atoms with Gasteiger partial charge in [0.15, 0.2) is 10.9 Å². The number of carbonyl (C=O) groups excluding carboxylic acids is 2. The summed E-state index contributed by atoms with van der Waals surface area (Å²) in [6.45, 7) is 2.07. The van der Waals surface area contributed by atoms with Crippen molar-refractivity contribution in [3.05, 3.63) is 71.7 Å². The van der Waals surface area contributed by atoms with E-state index in [1.54, 1.807) is 12.3 Å². The molecule has 2 aromatic carbocycles. The van der Waals surface area contributed by atoms with Crippen LogP contribution >= 0.6 is 23.1 Å². The van der Waals surface area contributed by atoms with Crippen molar-refractivity contribution >= 4 is 40.1 Å². The number of nitrogens with zero attached hydrogens (tertiary/aromatic N) is 2. The van der Waals surface area contributed by atoms with E-state index >= 15 is 0 Å². The number of esters is 1. The van der Waals surface area contributed by atoms with Crippen LogP contribution in [0.15, 0.2) is 75.7 Å². The van der Waals surface area contributed by atoms with E-state index < -0.39 is 0 Å². The third-order valence-corrected chi connectivity index (χ3v) is 6.08. The maximum Gasteiger partial charge on any atom is 0.311 e. The zero-order valence-electron chi connectivity index (χ0n) is 17.8. The molecule has 0 aliphatic carbocycles. The quantitative estimate of drug-likeness (QED) is 0.257. The number of ether oxygens (including phenoxy) is 1. The third-order valence-electron chi connectivity index (χ3n) is 4.45. The molecule has 0 aliphatic rings. The Morgan fingerprint density at radius 3 is 2.42 bits per heavy atom. The summed E-state index contributed by atoms with van der Waals surface area (Å²) in [5, 5.41) is 5.32. The van der Waals surface area contributed by atoms with Crippen molar-refractivity contribution in [2.75, 3.05) is 17.7 Å². The molecule has 0 saturated carbocycles. The summed E-state index contributed by atoms with van der Waals surface area (Å²) in [5.41, 5.74) is 3.15. The molecule has 0 radical (unpaired) electrons. The van der Waals surface area contributed by atoms with Gasteiger partial charge in [0.2, 0.25) is 5.91 Å². The molecule has 0 spiro atoms. The standard InChI is InChI=1S/C24H21N3O4S2/c1-2-30-20(29)13-18-14-32-23(25-18)26-19(28)15-33-24-27-21(16-9-5-3-6-10-16)22(31-24)17-11-7-4-8-12-17/h3-12,14H,2,13,15H2,1H3,(H,25,26,28). The number of carbonyl (C=O) groups is 2. The van der Waals surface area contributed by atoms with Crippen molar-refractivity contribution in [2.24, 2.45) is 0 Å². The number of hydrogen-bond acceptors (Lipinski definition) is 8. The number of rotatable bonds is 9. The van der Waals surface area contributed by atoms with Gasteiger partial charge in [-0.2, -0.15) is 0 Å². The highest BCUT2D eigenvalue weighted by molar-refractivity contribution is 7.99. The Morgan fingerprint density at radius 1 is 1.03 bits per heavy atom. The molecular weight excluding hydrogens is 458 g/mol. The molecule has 9 heteroatoms. The Balaban J connectivity index is 1.42. The predicted molar refractivity (Wildman–Crippen MR) is 129 cm³/mol. The lowest BCUT2D eigenvalue weighted by Gasteiger charge is -2.00. The predicted octanol–water partition coefficient (Wildman–Crippen LogP) is 5.30. The Hall–Kier alpha value is -3.43. The fourth-order valence-electron chi connectivity index (χ4n) is 3.03. The highest BCUT2D eigenvalue weighted by Crippen LogP contribution is 2.35. The molecule has 2 aromatic heterocycles. The summed E-state index contributed by atoms with van der Waals surface area (Å²) in [5.74, 6) is 0.185. The maximum absolute atomic E-state index is 12.4. The molecular formula is C24H21N3O4S2. The number of anilines is 1. The van der Waals surface area contributed by atoms with Gasteiger partial charge in [-0.1, -0.05) is 72.4 Å². The molecule has 1 N–H and O–H groups in total. The number of oxazole rings is 1. The molecule has 2 heterocycles. The molecule has 0 bridgehead atoms. The molecule has 4 aromatic rings. The van der Waals surface area contributed by atoms with E-state index in [0.717, 1.165) is 16.8 Å². The van der Waals surface area contributed by atoms with E-state index in [9.17, 15) is 9.59 Å². The van der Waals surface area contributed by atoms with Crippen molar-refractivity contribution in [3.63, 3.8) is 0 Å². The van der Waals surface area contributed by atoms with Crippen molar-refractivity contribution in [3.8, 4) is 22.6 Å². The Kier molecular flexibility index (Phi) is 7.54. The van der Waals surface area contributed by atoms with E-state index in [1.807, 2.05) is 60.7 Å². The molecule has 7 nitrogen and oxygen atoms in total. The van der Waals surface area contributed by atoms with Crippen LogP contribution in [0.2, 0.25) is 0 Å². The van der Waals surface area contributed by atoms with Crippen LogP contribution in [0.1, 0.15) is 12.6 Å². The zero-order valence-corrected chi connectivity index (χ0v) is 19.4.